The number of thioether (sulfide) groups is 1. The second-order valence-corrected chi connectivity index (χ2v) is 7.76. The summed E-state index contributed by atoms with van der Waals surface area (Å²) in [5.74, 6) is 1.34. The monoisotopic (exact) mass is 243 g/mol. The van der Waals surface area contributed by atoms with E-state index in [-0.39, 0.29) is 5.60 Å². The molecule has 2 saturated heterocycles. The Labute approximate surface area is 104 Å². The van der Waals surface area contributed by atoms with Gasteiger partial charge in [-0.15, -0.1) is 0 Å². The summed E-state index contributed by atoms with van der Waals surface area (Å²) in [5, 5.41) is 3.76. The Balaban J connectivity index is 1.77. The molecular formula is C13H25NOS. The fourth-order valence-electron chi connectivity index (χ4n) is 2.74. The van der Waals surface area contributed by atoms with E-state index in [9.17, 15) is 0 Å². The summed E-state index contributed by atoms with van der Waals surface area (Å²) in [6, 6.07) is 0.654. The number of hydrogen-bond donors (Lipinski definition) is 1. The van der Waals surface area contributed by atoms with Gasteiger partial charge in [0.2, 0.25) is 0 Å². The first-order valence-electron chi connectivity index (χ1n) is 6.50. The van der Waals surface area contributed by atoms with Crippen LogP contribution < -0.4 is 5.32 Å². The molecule has 0 aromatic carbocycles. The van der Waals surface area contributed by atoms with Crippen LogP contribution in [-0.2, 0) is 4.74 Å². The van der Waals surface area contributed by atoms with Gasteiger partial charge in [0.25, 0.3) is 0 Å². The van der Waals surface area contributed by atoms with E-state index >= 15 is 0 Å². The lowest BCUT2D eigenvalue weighted by Gasteiger charge is -2.37. The maximum Gasteiger partial charge on any atom is 0.0641 e. The Kier molecular flexibility index (Phi) is 3.87. The fraction of sp³-hybridized carbons (Fsp3) is 1.00. The average molecular weight is 243 g/mol. The predicted octanol–water partition coefficient (Wildman–Crippen LogP) is 2.82. The van der Waals surface area contributed by atoms with Gasteiger partial charge in [-0.25, -0.2) is 0 Å². The van der Waals surface area contributed by atoms with Gasteiger partial charge in [-0.2, -0.15) is 11.8 Å². The van der Waals surface area contributed by atoms with E-state index < -0.39 is 0 Å². The van der Waals surface area contributed by atoms with Crippen LogP contribution in [0.2, 0.25) is 0 Å². The first-order valence-corrected chi connectivity index (χ1v) is 7.49. The van der Waals surface area contributed by atoms with Crippen molar-refractivity contribution in [2.24, 2.45) is 0 Å². The number of ether oxygens (including phenoxy) is 1. The Morgan fingerprint density at radius 3 is 2.81 bits per heavy atom. The van der Waals surface area contributed by atoms with Crippen molar-refractivity contribution < 1.29 is 4.74 Å². The highest BCUT2D eigenvalue weighted by atomic mass is 32.2. The molecule has 0 aromatic heterocycles. The molecule has 2 fully saturated rings. The highest BCUT2D eigenvalue weighted by Crippen LogP contribution is 2.37. The third kappa shape index (κ3) is 3.38. The normalized spacial score (nSPS) is 38.8. The van der Waals surface area contributed by atoms with Gasteiger partial charge in [0.1, 0.15) is 0 Å². The van der Waals surface area contributed by atoms with Gasteiger partial charge in [0.15, 0.2) is 0 Å². The lowest BCUT2D eigenvalue weighted by molar-refractivity contribution is -0.0629. The predicted molar refractivity (Wildman–Crippen MR) is 71.2 cm³/mol. The fourth-order valence-corrected chi connectivity index (χ4v) is 4.00. The van der Waals surface area contributed by atoms with Crippen molar-refractivity contribution in [3.8, 4) is 0 Å². The molecule has 0 bridgehead atoms. The van der Waals surface area contributed by atoms with Crippen molar-refractivity contribution in [1.82, 2.24) is 5.32 Å². The molecule has 2 aliphatic rings. The van der Waals surface area contributed by atoms with Gasteiger partial charge in [-0.05, 0) is 52.2 Å². The summed E-state index contributed by atoms with van der Waals surface area (Å²) in [7, 11) is 0. The molecule has 0 aliphatic carbocycles. The summed E-state index contributed by atoms with van der Waals surface area (Å²) in [6.07, 6.45) is 5.08. The van der Waals surface area contributed by atoms with Crippen LogP contribution in [0.25, 0.3) is 0 Å². The van der Waals surface area contributed by atoms with Gasteiger partial charge in [0, 0.05) is 23.9 Å². The molecule has 16 heavy (non-hydrogen) atoms. The Morgan fingerprint density at radius 2 is 2.19 bits per heavy atom. The summed E-state index contributed by atoms with van der Waals surface area (Å²) in [5.41, 5.74) is 0.0691. The lowest BCUT2D eigenvalue weighted by atomic mass is 9.93. The largest absolute Gasteiger partial charge is 0.375 e. The van der Waals surface area contributed by atoms with E-state index in [1.165, 1.54) is 31.6 Å². The van der Waals surface area contributed by atoms with Crippen LogP contribution in [0.4, 0.5) is 0 Å². The summed E-state index contributed by atoms with van der Waals surface area (Å²) >= 11 is 2.14. The molecule has 0 aromatic rings. The van der Waals surface area contributed by atoms with E-state index in [0.29, 0.717) is 10.8 Å². The molecule has 2 nitrogen and oxygen atoms in total. The number of nitrogens with one attached hydrogen (secondary N) is 1. The lowest BCUT2D eigenvalue weighted by Crippen LogP contribution is -2.47. The molecule has 0 radical (unpaired) electrons. The van der Waals surface area contributed by atoms with Gasteiger partial charge in [0.05, 0.1) is 5.60 Å². The van der Waals surface area contributed by atoms with Gasteiger partial charge < -0.3 is 10.1 Å². The maximum atomic E-state index is 5.75. The minimum absolute atomic E-state index is 0.0691. The average Bonchev–Trinajstić information content (AvgIpc) is 2.62. The molecule has 2 atom stereocenters. The number of hydrogen-bond acceptors (Lipinski definition) is 3. The van der Waals surface area contributed by atoms with Crippen molar-refractivity contribution in [3.63, 3.8) is 0 Å². The molecule has 3 heteroatoms. The van der Waals surface area contributed by atoms with Crippen LogP contribution >= 0.6 is 11.8 Å². The Bertz CT molecular complexity index is 236. The minimum Gasteiger partial charge on any atom is -0.375 e. The molecule has 94 valence electrons. The van der Waals surface area contributed by atoms with Crippen molar-refractivity contribution in [3.05, 3.63) is 0 Å². The summed E-state index contributed by atoms with van der Waals surface area (Å²) < 4.78 is 6.24. The first kappa shape index (κ1) is 12.7. The molecule has 0 spiro atoms. The molecular weight excluding hydrogens is 218 g/mol. The topological polar surface area (TPSA) is 21.3 Å². The Morgan fingerprint density at radius 1 is 1.38 bits per heavy atom. The quantitative estimate of drug-likeness (QED) is 0.823. The van der Waals surface area contributed by atoms with Gasteiger partial charge in [-0.1, -0.05) is 0 Å². The van der Waals surface area contributed by atoms with Crippen LogP contribution in [0.5, 0.6) is 0 Å². The molecule has 2 unspecified atom stereocenters. The van der Waals surface area contributed by atoms with E-state index in [0.717, 1.165) is 13.0 Å². The molecule has 2 heterocycles. The highest BCUT2D eigenvalue weighted by Gasteiger charge is 2.33. The molecule has 0 saturated carbocycles. The van der Waals surface area contributed by atoms with Crippen molar-refractivity contribution in [1.29, 1.82) is 0 Å². The molecule has 1 N–H and O–H groups in total. The zero-order valence-corrected chi connectivity index (χ0v) is 11.7. The van der Waals surface area contributed by atoms with Crippen LogP contribution in [-0.4, -0.2) is 35.3 Å². The third-order valence-electron chi connectivity index (χ3n) is 3.76. The van der Waals surface area contributed by atoms with Crippen LogP contribution in [0.15, 0.2) is 0 Å². The Hall–Kier alpha value is 0.270. The second-order valence-electron chi connectivity index (χ2n) is 6.08. The van der Waals surface area contributed by atoms with Crippen molar-refractivity contribution >= 4 is 11.8 Å². The zero-order chi connectivity index (χ0) is 11.6. The van der Waals surface area contributed by atoms with Crippen LogP contribution in [0, 0.1) is 0 Å². The van der Waals surface area contributed by atoms with Crippen LogP contribution in [0.1, 0.15) is 46.5 Å². The first-order chi connectivity index (χ1) is 7.49. The van der Waals surface area contributed by atoms with Crippen molar-refractivity contribution in [2.75, 3.05) is 18.9 Å². The zero-order valence-electron chi connectivity index (χ0n) is 10.8. The van der Waals surface area contributed by atoms with Crippen molar-refractivity contribution in [2.45, 2.75) is 62.8 Å². The minimum atomic E-state index is 0.0691. The van der Waals surface area contributed by atoms with Crippen LogP contribution in [0.3, 0.4) is 0 Å². The molecule has 0 amide bonds. The van der Waals surface area contributed by atoms with E-state index in [2.05, 4.69) is 37.8 Å². The molecule has 2 aliphatic heterocycles. The van der Waals surface area contributed by atoms with E-state index in [4.69, 9.17) is 4.74 Å². The SMILES string of the molecule is CC1(C)CC(NCC2(C)CCCS2)CCO1. The van der Waals surface area contributed by atoms with Gasteiger partial charge in [-0.3, -0.25) is 0 Å². The maximum absolute atomic E-state index is 5.75. The summed E-state index contributed by atoms with van der Waals surface area (Å²) in [4.78, 5) is 0. The standard InChI is InChI=1S/C13H25NOS/c1-12(2)9-11(5-7-15-12)14-10-13(3)6-4-8-16-13/h11,14H,4-10H2,1-3H3. The summed E-state index contributed by atoms with van der Waals surface area (Å²) in [6.45, 7) is 8.88. The second kappa shape index (κ2) is 4.87. The van der Waals surface area contributed by atoms with E-state index in [1.54, 1.807) is 0 Å². The van der Waals surface area contributed by atoms with Gasteiger partial charge >= 0.3 is 0 Å². The third-order valence-corrected chi connectivity index (χ3v) is 5.30. The molecule has 2 rings (SSSR count). The smallest absolute Gasteiger partial charge is 0.0641 e. The van der Waals surface area contributed by atoms with E-state index in [1.807, 2.05) is 0 Å². The number of rotatable bonds is 3. The highest BCUT2D eigenvalue weighted by molar-refractivity contribution is 8.00.